The Labute approximate surface area is 82.1 Å². The fourth-order valence-electron chi connectivity index (χ4n) is 1.11. The van der Waals surface area contributed by atoms with Crippen molar-refractivity contribution < 1.29 is 0 Å². The van der Waals surface area contributed by atoms with Gasteiger partial charge in [0, 0.05) is 24.5 Å². The molecule has 0 N–H and O–H groups in total. The highest BCUT2D eigenvalue weighted by molar-refractivity contribution is 9.09. The van der Waals surface area contributed by atoms with Gasteiger partial charge in [-0.05, 0) is 12.0 Å². The smallest absolute Gasteiger partial charge is 0.0632 e. The zero-order valence-electron chi connectivity index (χ0n) is 7.63. The molecule has 0 aromatic carbocycles. The van der Waals surface area contributed by atoms with Crippen LogP contribution in [0.25, 0.3) is 0 Å². The molecule has 0 fully saturated rings. The van der Waals surface area contributed by atoms with Gasteiger partial charge in [-0.2, -0.15) is 5.10 Å². The standard InChI is InChI=1S/C9H15BrN2/c1-8(2)7-12-6-4-9(11-12)3-5-10/h4,6,8H,3,5,7H2,1-2H3. The van der Waals surface area contributed by atoms with Crippen LogP contribution in [0, 0.1) is 5.92 Å². The highest BCUT2D eigenvalue weighted by atomic mass is 79.9. The Morgan fingerprint density at radius 2 is 2.33 bits per heavy atom. The third-order valence-electron chi connectivity index (χ3n) is 1.60. The predicted octanol–water partition coefficient (Wildman–Crippen LogP) is 2.48. The lowest BCUT2D eigenvalue weighted by molar-refractivity contribution is 0.480. The topological polar surface area (TPSA) is 17.8 Å². The number of hydrogen-bond acceptors (Lipinski definition) is 1. The summed E-state index contributed by atoms with van der Waals surface area (Å²) in [6, 6.07) is 2.09. The summed E-state index contributed by atoms with van der Waals surface area (Å²) in [5, 5.41) is 5.42. The normalized spacial score (nSPS) is 11.0. The average Bonchev–Trinajstić information content (AvgIpc) is 2.36. The van der Waals surface area contributed by atoms with Crippen LogP contribution in [0.15, 0.2) is 12.3 Å². The van der Waals surface area contributed by atoms with Gasteiger partial charge in [-0.15, -0.1) is 0 Å². The fraction of sp³-hybridized carbons (Fsp3) is 0.667. The number of aromatic nitrogens is 2. The van der Waals surface area contributed by atoms with Gasteiger partial charge in [-0.3, -0.25) is 4.68 Å². The van der Waals surface area contributed by atoms with Gasteiger partial charge in [-0.1, -0.05) is 29.8 Å². The summed E-state index contributed by atoms with van der Waals surface area (Å²) in [6.45, 7) is 5.42. The van der Waals surface area contributed by atoms with E-state index in [0.717, 1.165) is 18.3 Å². The first-order valence-corrected chi connectivity index (χ1v) is 5.43. The molecule has 1 aromatic rings. The van der Waals surface area contributed by atoms with Crippen molar-refractivity contribution in [2.75, 3.05) is 5.33 Å². The SMILES string of the molecule is CC(C)Cn1ccc(CCBr)n1. The minimum absolute atomic E-state index is 0.668. The molecule has 0 aliphatic heterocycles. The summed E-state index contributed by atoms with van der Waals surface area (Å²) in [4.78, 5) is 0. The number of nitrogens with zero attached hydrogens (tertiary/aromatic N) is 2. The maximum atomic E-state index is 4.43. The zero-order chi connectivity index (χ0) is 8.97. The number of aryl methyl sites for hydroxylation is 1. The van der Waals surface area contributed by atoms with Gasteiger partial charge in [-0.25, -0.2) is 0 Å². The van der Waals surface area contributed by atoms with Crippen molar-refractivity contribution in [1.82, 2.24) is 9.78 Å². The molecule has 0 radical (unpaired) electrons. The van der Waals surface area contributed by atoms with Crippen molar-refractivity contribution in [2.45, 2.75) is 26.8 Å². The monoisotopic (exact) mass is 230 g/mol. The summed E-state index contributed by atoms with van der Waals surface area (Å²) in [5.74, 6) is 0.668. The average molecular weight is 231 g/mol. The van der Waals surface area contributed by atoms with Gasteiger partial charge in [0.15, 0.2) is 0 Å². The summed E-state index contributed by atoms with van der Waals surface area (Å²) in [5.41, 5.74) is 1.17. The molecule has 1 rings (SSSR count). The Kier molecular flexibility index (Phi) is 3.79. The lowest BCUT2D eigenvalue weighted by Crippen LogP contribution is -2.05. The highest BCUT2D eigenvalue weighted by Crippen LogP contribution is 2.02. The van der Waals surface area contributed by atoms with Crippen LogP contribution >= 0.6 is 15.9 Å². The van der Waals surface area contributed by atoms with Crippen LogP contribution in [0.1, 0.15) is 19.5 Å². The summed E-state index contributed by atoms with van der Waals surface area (Å²) in [6.07, 6.45) is 3.07. The first-order chi connectivity index (χ1) is 5.72. The molecule has 0 unspecified atom stereocenters. The van der Waals surface area contributed by atoms with E-state index in [1.54, 1.807) is 0 Å². The van der Waals surface area contributed by atoms with Crippen LogP contribution in [0.5, 0.6) is 0 Å². The molecule has 0 amide bonds. The second-order valence-electron chi connectivity index (χ2n) is 3.36. The third kappa shape index (κ3) is 2.97. The van der Waals surface area contributed by atoms with Gasteiger partial charge >= 0.3 is 0 Å². The molecule has 68 valence electrons. The van der Waals surface area contributed by atoms with Gasteiger partial charge in [0.1, 0.15) is 0 Å². The van der Waals surface area contributed by atoms with Gasteiger partial charge in [0.25, 0.3) is 0 Å². The Hall–Kier alpha value is -0.310. The van der Waals surface area contributed by atoms with E-state index in [2.05, 4.69) is 47.1 Å². The van der Waals surface area contributed by atoms with Crippen LogP contribution in [-0.2, 0) is 13.0 Å². The van der Waals surface area contributed by atoms with Crippen LogP contribution < -0.4 is 0 Å². The van der Waals surface area contributed by atoms with Gasteiger partial charge in [0.05, 0.1) is 5.69 Å². The minimum Gasteiger partial charge on any atom is -0.272 e. The Balaban J connectivity index is 2.52. The van der Waals surface area contributed by atoms with E-state index in [1.807, 2.05) is 4.68 Å². The lowest BCUT2D eigenvalue weighted by atomic mass is 10.2. The molecule has 0 saturated heterocycles. The third-order valence-corrected chi connectivity index (χ3v) is 2.00. The van der Waals surface area contributed by atoms with Crippen LogP contribution in [0.2, 0.25) is 0 Å². The van der Waals surface area contributed by atoms with Crippen LogP contribution in [0.3, 0.4) is 0 Å². The van der Waals surface area contributed by atoms with E-state index in [0.29, 0.717) is 5.92 Å². The number of hydrogen-bond donors (Lipinski definition) is 0. The maximum Gasteiger partial charge on any atom is 0.0632 e. The second-order valence-corrected chi connectivity index (χ2v) is 4.15. The molecule has 0 bridgehead atoms. The number of alkyl halides is 1. The van der Waals surface area contributed by atoms with Crippen molar-refractivity contribution in [3.05, 3.63) is 18.0 Å². The molecule has 1 aromatic heterocycles. The molecule has 0 aliphatic rings. The summed E-state index contributed by atoms with van der Waals surface area (Å²) >= 11 is 3.40. The molecule has 0 atom stereocenters. The Bertz CT molecular complexity index is 230. The molecule has 3 heteroatoms. The van der Waals surface area contributed by atoms with Gasteiger partial charge < -0.3 is 0 Å². The van der Waals surface area contributed by atoms with Crippen molar-refractivity contribution >= 4 is 15.9 Å². The molecule has 0 aliphatic carbocycles. The molecule has 2 nitrogen and oxygen atoms in total. The summed E-state index contributed by atoms with van der Waals surface area (Å²) in [7, 11) is 0. The van der Waals surface area contributed by atoms with E-state index in [1.165, 1.54) is 5.69 Å². The first kappa shape index (κ1) is 9.78. The Morgan fingerprint density at radius 1 is 1.58 bits per heavy atom. The van der Waals surface area contributed by atoms with Crippen molar-refractivity contribution in [3.8, 4) is 0 Å². The Morgan fingerprint density at radius 3 is 2.92 bits per heavy atom. The van der Waals surface area contributed by atoms with Crippen molar-refractivity contribution in [3.63, 3.8) is 0 Å². The molecular weight excluding hydrogens is 216 g/mol. The van der Waals surface area contributed by atoms with E-state index < -0.39 is 0 Å². The molecule has 1 heterocycles. The highest BCUT2D eigenvalue weighted by Gasteiger charge is 1.99. The summed E-state index contributed by atoms with van der Waals surface area (Å²) < 4.78 is 2.02. The van der Waals surface area contributed by atoms with E-state index >= 15 is 0 Å². The maximum absolute atomic E-state index is 4.43. The van der Waals surface area contributed by atoms with Crippen LogP contribution in [0.4, 0.5) is 0 Å². The second kappa shape index (κ2) is 4.65. The van der Waals surface area contributed by atoms with E-state index in [-0.39, 0.29) is 0 Å². The largest absolute Gasteiger partial charge is 0.272 e. The first-order valence-electron chi connectivity index (χ1n) is 4.30. The fourth-order valence-corrected chi connectivity index (χ4v) is 1.52. The molecule has 12 heavy (non-hydrogen) atoms. The molecular formula is C9H15BrN2. The quantitative estimate of drug-likeness (QED) is 0.728. The molecule has 0 saturated carbocycles. The predicted molar refractivity (Wildman–Crippen MR) is 54.6 cm³/mol. The van der Waals surface area contributed by atoms with E-state index in [9.17, 15) is 0 Å². The van der Waals surface area contributed by atoms with Gasteiger partial charge in [0.2, 0.25) is 0 Å². The lowest BCUT2D eigenvalue weighted by Gasteiger charge is -2.03. The van der Waals surface area contributed by atoms with Crippen molar-refractivity contribution in [2.24, 2.45) is 5.92 Å². The number of rotatable bonds is 4. The van der Waals surface area contributed by atoms with Crippen molar-refractivity contribution in [1.29, 1.82) is 0 Å². The minimum atomic E-state index is 0.668. The molecule has 0 spiro atoms. The number of halogens is 1. The zero-order valence-corrected chi connectivity index (χ0v) is 9.21. The van der Waals surface area contributed by atoms with Crippen LogP contribution in [-0.4, -0.2) is 15.1 Å². The van der Waals surface area contributed by atoms with E-state index in [4.69, 9.17) is 0 Å².